The van der Waals surface area contributed by atoms with Crippen molar-refractivity contribution in [1.29, 1.82) is 0 Å². The minimum absolute atomic E-state index is 0.0949. The van der Waals surface area contributed by atoms with E-state index in [0.717, 1.165) is 24.2 Å². The number of carbonyl (C=O) groups is 1. The van der Waals surface area contributed by atoms with E-state index in [4.69, 9.17) is 21.1 Å². The number of ether oxygens (including phenoxy) is 2. The molecule has 35 heavy (non-hydrogen) atoms. The molecular weight excluding hydrogens is 462 g/mol. The molecule has 2 heterocycles. The molecule has 0 spiro atoms. The fourth-order valence-corrected chi connectivity index (χ4v) is 6.06. The molecule has 6 nitrogen and oxygen atoms in total. The van der Waals surface area contributed by atoms with Gasteiger partial charge in [0.1, 0.15) is 10.8 Å². The average Bonchev–Trinajstić information content (AvgIpc) is 3.31. The van der Waals surface area contributed by atoms with Gasteiger partial charge >= 0.3 is 5.97 Å². The predicted octanol–water partition coefficient (Wildman–Crippen LogP) is 7.42. The number of esters is 1. The molecule has 2 fully saturated rings. The maximum atomic E-state index is 12.3. The quantitative estimate of drug-likeness (QED) is 0.278. The zero-order valence-electron chi connectivity index (χ0n) is 21.5. The van der Waals surface area contributed by atoms with Crippen LogP contribution in [0.1, 0.15) is 102 Å². The first-order chi connectivity index (χ1) is 16.8. The van der Waals surface area contributed by atoms with Crippen molar-refractivity contribution in [2.75, 3.05) is 6.61 Å². The summed E-state index contributed by atoms with van der Waals surface area (Å²) in [5.74, 6) is 3.13. The van der Waals surface area contributed by atoms with Crippen molar-refractivity contribution in [2.24, 2.45) is 17.8 Å². The molecule has 0 unspecified atom stereocenters. The molecular formula is C28H40ClN3O3. The molecule has 0 bridgehead atoms. The third-order valence-electron chi connectivity index (χ3n) is 7.46. The molecule has 2 saturated carbocycles. The van der Waals surface area contributed by atoms with Crippen LogP contribution in [0.3, 0.4) is 0 Å². The lowest BCUT2D eigenvalue weighted by Gasteiger charge is -2.38. The number of hydrogen-bond donors (Lipinski definition) is 0. The molecule has 2 aliphatic carbocycles. The van der Waals surface area contributed by atoms with Gasteiger partial charge in [-0.05, 0) is 57.1 Å². The standard InChI is InChI=1S/C28H40ClN3O3/c1-28(2,3)35-27(33)23-14-15-24(30-26(23)29)32-18-16-25(31-32)34-19-17-22(20-10-6-4-7-11-20)21-12-8-5-9-13-21/h14-16,18,20-22H,4-13,17,19H2,1-3H3. The third-order valence-corrected chi connectivity index (χ3v) is 7.75. The van der Waals surface area contributed by atoms with Crippen molar-refractivity contribution < 1.29 is 14.3 Å². The Morgan fingerprint density at radius 3 is 2.23 bits per heavy atom. The van der Waals surface area contributed by atoms with Crippen molar-refractivity contribution in [3.8, 4) is 11.7 Å². The average molecular weight is 502 g/mol. The van der Waals surface area contributed by atoms with E-state index in [1.165, 1.54) is 64.2 Å². The van der Waals surface area contributed by atoms with E-state index in [2.05, 4.69) is 10.1 Å². The highest BCUT2D eigenvalue weighted by molar-refractivity contribution is 6.32. The molecule has 192 valence electrons. The smallest absolute Gasteiger partial charge is 0.341 e. The summed E-state index contributed by atoms with van der Waals surface area (Å²) in [6.45, 7) is 6.15. The number of pyridine rings is 1. The van der Waals surface area contributed by atoms with Gasteiger partial charge in [0.15, 0.2) is 5.82 Å². The fraction of sp³-hybridized carbons (Fsp3) is 0.679. The number of halogens is 1. The SMILES string of the molecule is CC(C)(C)OC(=O)c1ccc(-n2ccc(OCCC(C3CCCCC3)C3CCCCC3)n2)nc1Cl. The molecule has 2 aromatic rings. The largest absolute Gasteiger partial charge is 0.477 e. The first-order valence-corrected chi connectivity index (χ1v) is 13.8. The molecule has 0 radical (unpaired) electrons. The first kappa shape index (κ1) is 26.0. The van der Waals surface area contributed by atoms with Crippen LogP contribution in [0.15, 0.2) is 24.4 Å². The highest BCUT2D eigenvalue weighted by atomic mass is 35.5. The first-order valence-electron chi connectivity index (χ1n) is 13.4. The summed E-state index contributed by atoms with van der Waals surface area (Å²) in [6.07, 6.45) is 16.8. The normalized spacial score (nSPS) is 18.1. The van der Waals surface area contributed by atoms with Crippen molar-refractivity contribution >= 4 is 17.6 Å². The van der Waals surface area contributed by atoms with E-state index < -0.39 is 11.6 Å². The minimum atomic E-state index is -0.597. The maximum absolute atomic E-state index is 12.3. The fourth-order valence-electron chi connectivity index (χ4n) is 5.83. The summed E-state index contributed by atoms with van der Waals surface area (Å²) in [4.78, 5) is 16.7. The Morgan fingerprint density at radius 2 is 1.66 bits per heavy atom. The van der Waals surface area contributed by atoms with Crippen LogP contribution in [0, 0.1) is 17.8 Å². The van der Waals surface area contributed by atoms with Crippen molar-refractivity contribution in [3.63, 3.8) is 0 Å². The van der Waals surface area contributed by atoms with Gasteiger partial charge in [0.05, 0.1) is 12.2 Å². The van der Waals surface area contributed by atoms with Gasteiger partial charge in [-0.2, -0.15) is 0 Å². The van der Waals surface area contributed by atoms with Crippen LogP contribution < -0.4 is 4.74 Å². The Kier molecular flexibility index (Phi) is 8.74. The van der Waals surface area contributed by atoms with E-state index in [1.54, 1.807) is 23.0 Å². The van der Waals surface area contributed by atoms with Gasteiger partial charge in [-0.15, -0.1) is 5.10 Å². The number of aromatic nitrogens is 3. The number of hydrogen-bond acceptors (Lipinski definition) is 5. The molecule has 4 rings (SSSR count). The Morgan fingerprint density at radius 1 is 1.03 bits per heavy atom. The monoisotopic (exact) mass is 501 g/mol. The second-order valence-electron chi connectivity index (χ2n) is 11.2. The molecule has 0 aromatic carbocycles. The maximum Gasteiger partial charge on any atom is 0.341 e. The predicted molar refractivity (Wildman–Crippen MR) is 138 cm³/mol. The van der Waals surface area contributed by atoms with Crippen LogP contribution in [0.5, 0.6) is 5.88 Å². The van der Waals surface area contributed by atoms with E-state index in [0.29, 0.717) is 18.3 Å². The van der Waals surface area contributed by atoms with Crippen LogP contribution in [-0.4, -0.2) is 32.9 Å². The van der Waals surface area contributed by atoms with E-state index in [-0.39, 0.29) is 10.7 Å². The van der Waals surface area contributed by atoms with Gasteiger partial charge in [-0.3, -0.25) is 0 Å². The van der Waals surface area contributed by atoms with Gasteiger partial charge in [0.2, 0.25) is 5.88 Å². The van der Waals surface area contributed by atoms with Crippen molar-refractivity contribution in [1.82, 2.24) is 14.8 Å². The van der Waals surface area contributed by atoms with Gasteiger partial charge in [0.25, 0.3) is 0 Å². The number of nitrogens with zero attached hydrogens (tertiary/aromatic N) is 3. The Labute approximate surface area is 214 Å². The van der Waals surface area contributed by atoms with Gasteiger partial charge < -0.3 is 9.47 Å². The second kappa shape index (κ2) is 11.8. The van der Waals surface area contributed by atoms with E-state index in [9.17, 15) is 4.79 Å². The summed E-state index contributed by atoms with van der Waals surface area (Å²) in [7, 11) is 0. The Balaban J connectivity index is 1.36. The van der Waals surface area contributed by atoms with Gasteiger partial charge in [-0.1, -0.05) is 75.8 Å². The summed E-state index contributed by atoms with van der Waals surface area (Å²) in [6, 6.07) is 5.19. The van der Waals surface area contributed by atoms with E-state index >= 15 is 0 Å². The lowest BCUT2D eigenvalue weighted by atomic mass is 9.68. The molecule has 0 saturated heterocycles. The zero-order chi connectivity index (χ0) is 24.8. The highest BCUT2D eigenvalue weighted by Gasteiger charge is 2.31. The van der Waals surface area contributed by atoms with Gasteiger partial charge in [0, 0.05) is 12.3 Å². The minimum Gasteiger partial charge on any atom is -0.477 e. The third kappa shape index (κ3) is 7.22. The topological polar surface area (TPSA) is 66.2 Å². The van der Waals surface area contributed by atoms with Crippen molar-refractivity contribution in [2.45, 2.75) is 97.0 Å². The number of rotatable bonds is 8. The summed E-state index contributed by atoms with van der Waals surface area (Å²) in [5.41, 5.74) is -0.356. The summed E-state index contributed by atoms with van der Waals surface area (Å²) in [5, 5.41) is 4.63. The van der Waals surface area contributed by atoms with Crippen molar-refractivity contribution in [3.05, 3.63) is 35.1 Å². The molecule has 0 amide bonds. The summed E-state index contributed by atoms with van der Waals surface area (Å²) >= 11 is 6.29. The molecule has 0 aliphatic heterocycles. The number of carbonyl (C=O) groups excluding carboxylic acids is 1. The van der Waals surface area contributed by atoms with E-state index in [1.807, 2.05) is 26.8 Å². The van der Waals surface area contributed by atoms with Gasteiger partial charge in [-0.25, -0.2) is 14.5 Å². The molecule has 2 aliphatic rings. The molecule has 2 aromatic heterocycles. The second-order valence-corrected chi connectivity index (χ2v) is 11.6. The van der Waals surface area contributed by atoms with Crippen LogP contribution >= 0.6 is 11.6 Å². The lowest BCUT2D eigenvalue weighted by Crippen LogP contribution is -2.28. The zero-order valence-corrected chi connectivity index (χ0v) is 22.2. The Hall–Kier alpha value is -2.08. The molecule has 0 N–H and O–H groups in total. The Bertz CT molecular complexity index is 954. The van der Waals surface area contributed by atoms with Crippen LogP contribution in [0.2, 0.25) is 5.15 Å². The van der Waals surface area contributed by atoms with Crippen LogP contribution in [0.25, 0.3) is 5.82 Å². The van der Waals surface area contributed by atoms with Crippen LogP contribution in [-0.2, 0) is 4.74 Å². The molecule has 7 heteroatoms. The highest BCUT2D eigenvalue weighted by Crippen LogP contribution is 2.41. The van der Waals surface area contributed by atoms with Crippen LogP contribution in [0.4, 0.5) is 0 Å². The summed E-state index contributed by atoms with van der Waals surface area (Å²) < 4.78 is 13.1. The lowest BCUT2D eigenvalue weighted by molar-refractivity contribution is 0.00693. The molecule has 0 atom stereocenters.